The third-order valence-corrected chi connectivity index (χ3v) is 15.1. The molecule has 1 saturated heterocycles. The average Bonchev–Trinajstić information content (AvgIpc) is 3.18. The van der Waals surface area contributed by atoms with Gasteiger partial charge < -0.3 is 28.8 Å². The van der Waals surface area contributed by atoms with Gasteiger partial charge in [-0.1, -0.05) is 186 Å². The van der Waals surface area contributed by atoms with Crippen LogP contribution in [-0.4, -0.2) is 61.8 Å². The number of ether oxygens (including phenoxy) is 3. The molecule has 5 atom stereocenters. The fourth-order valence-corrected chi connectivity index (χ4v) is 12.1. The Morgan fingerprint density at radius 2 is 1.06 bits per heavy atom. The highest BCUT2D eigenvalue weighted by Crippen LogP contribution is 2.44. The molecule has 0 amide bonds. The zero-order valence-corrected chi connectivity index (χ0v) is 32.0. The lowest BCUT2D eigenvalue weighted by molar-refractivity contribution is -0.311. The molecule has 0 aliphatic carbocycles. The second-order valence-corrected chi connectivity index (χ2v) is 19.3. The van der Waals surface area contributed by atoms with Crippen molar-refractivity contribution in [1.82, 2.24) is 0 Å². The molecule has 8 heteroatoms. The van der Waals surface area contributed by atoms with Crippen LogP contribution in [0.4, 0.5) is 0 Å². The van der Waals surface area contributed by atoms with E-state index in [1.807, 2.05) is 127 Å². The maximum absolute atomic E-state index is 13.3. The molecule has 5 aromatic carbocycles. The highest BCUT2D eigenvalue weighted by atomic mass is 28.4. The molecule has 53 heavy (non-hydrogen) atoms. The molecule has 2 N–H and O–H groups in total. The van der Waals surface area contributed by atoms with Gasteiger partial charge in [0.05, 0.1) is 12.5 Å². The second-order valence-electron chi connectivity index (χ2n) is 14.9. The summed E-state index contributed by atoms with van der Waals surface area (Å²) in [4.78, 5) is 13.3. The maximum Gasteiger partial charge on any atom is 0.308 e. The Hall–Kier alpha value is -4.41. The number of aliphatic hydroxyl groups excluding tert-OH is 2. The Morgan fingerprint density at radius 3 is 1.43 bits per heavy atom. The average molecular weight is 731 g/mol. The highest BCUT2D eigenvalue weighted by molar-refractivity contribution is 6.99. The molecule has 0 aromatic heterocycles. The zero-order chi connectivity index (χ0) is 37.6. The summed E-state index contributed by atoms with van der Waals surface area (Å²) >= 11 is 0. The van der Waals surface area contributed by atoms with E-state index in [4.69, 9.17) is 18.6 Å². The van der Waals surface area contributed by atoms with Gasteiger partial charge in [-0.2, -0.15) is 0 Å². The topological polar surface area (TPSA) is 94.5 Å². The first kappa shape index (κ1) is 38.3. The Balaban J connectivity index is 1.42. The predicted octanol–water partition coefficient (Wildman–Crippen LogP) is 6.59. The number of aliphatic hydroxyl groups is 2. The summed E-state index contributed by atoms with van der Waals surface area (Å²) in [6.07, 6.45) is -6.70. The normalized spacial score (nSPS) is 20.9. The fourth-order valence-electron chi connectivity index (χ4n) is 7.48. The zero-order valence-electron chi connectivity index (χ0n) is 31.0. The van der Waals surface area contributed by atoms with Crippen molar-refractivity contribution in [2.75, 3.05) is 6.61 Å². The lowest BCUT2D eigenvalue weighted by Gasteiger charge is -2.48. The third-order valence-electron chi connectivity index (χ3n) is 10.1. The van der Waals surface area contributed by atoms with Crippen molar-refractivity contribution in [2.24, 2.45) is 5.92 Å². The lowest BCUT2D eigenvalue weighted by Crippen LogP contribution is -2.68. The molecular weight excluding hydrogens is 681 g/mol. The monoisotopic (exact) mass is 730 g/mol. The molecule has 0 radical (unpaired) electrons. The van der Waals surface area contributed by atoms with Gasteiger partial charge >= 0.3 is 5.97 Å². The van der Waals surface area contributed by atoms with Crippen molar-refractivity contribution < 1.29 is 33.6 Å². The van der Waals surface area contributed by atoms with Crippen LogP contribution >= 0.6 is 0 Å². The Kier molecular flexibility index (Phi) is 11.8. The largest absolute Gasteiger partial charge is 0.456 e. The van der Waals surface area contributed by atoms with E-state index in [-0.39, 0.29) is 11.6 Å². The number of carbonyl (C=O) groups excluding carboxylic acids is 1. The van der Waals surface area contributed by atoms with Crippen molar-refractivity contribution in [3.05, 3.63) is 168 Å². The second kappa shape index (κ2) is 16.3. The van der Waals surface area contributed by atoms with E-state index in [0.29, 0.717) is 0 Å². The predicted molar refractivity (Wildman–Crippen MR) is 209 cm³/mol. The van der Waals surface area contributed by atoms with Gasteiger partial charge in [-0.3, -0.25) is 4.79 Å². The van der Waals surface area contributed by atoms with Gasteiger partial charge in [0, 0.05) is 0 Å². The van der Waals surface area contributed by atoms with E-state index in [1.54, 1.807) is 13.8 Å². The number of rotatable bonds is 12. The van der Waals surface area contributed by atoms with Crippen LogP contribution in [0.25, 0.3) is 0 Å². The van der Waals surface area contributed by atoms with Gasteiger partial charge in [0.15, 0.2) is 12.4 Å². The Bertz CT molecular complexity index is 1750. The van der Waals surface area contributed by atoms with Crippen molar-refractivity contribution in [1.29, 1.82) is 0 Å². The SMILES string of the molecule is CC(C)C(=O)O[C@H]1[C@H](O)[C@@H](OC(c2ccccc2)(c2ccccc2)c2ccccc2)[C@H](O)O[C@@H]1CO[Si](c1ccccc1)(c1ccccc1)C(C)(C)C. The van der Waals surface area contributed by atoms with Gasteiger partial charge in [-0.15, -0.1) is 0 Å². The quantitative estimate of drug-likeness (QED) is 0.0851. The summed E-state index contributed by atoms with van der Waals surface area (Å²) in [6.45, 7) is 9.91. The first-order valence-corrected chi connectivity index (χ1v) is 20.2. The molecule has 1 aliphatic heterocycles. The van der Waals surface area contributed by atoms with Crippen molar-refractivity contribution >= 4 is 24.7 Å². The summed E-state index contributed by atoms with van der Waals surface area (Å²) in [6, 6.07) is 49.4. The number of esters is 1. The highest BCUT2D eigenvalue weighted by Gasteiger charge is 2.55. The molecule has 7 nitrogen and oxygen atoms in total. The molecule has 1 aliphatic rings. The van der Waals surface area contributed by atoms with E-state index >= 15 is 0 Å². The molecule has 0 spiro atoms. The van der Waals surface area contributed by atoms with Crippen molar-refractivity contribution in [3.8, 4) is 0 Å². The number of hydrogen-bond acceptors (Lipinski definition) is 7. The Labute approximate surface area is 314 Å². The van der Waals surface area contributed by atoms with Gasteiger partial charge in [0.1, 0.15) is 23.9 Å². The van der Waals surface area contributed by atoms with Crippen LogP contribution in [0.1, 0.15) is 51.3 Å². The van der Waals surface area contributed by atoms with Crippen LogP contribution in [0.5, 0.6) is 0 Å². The molecule has 0 bridgehead atoms. The maximum atomic E-state index is 13.3. The molecule has 5 aromatic rings. The molecular formula is C45H50O7Si. The minimum absolute atomic E-state index is 0.0641. The van der Waals surface area contributed by atoms with E-state index in [1.165, 1.54) is 0 Å². The summed E-state index contributed by atoms with van der Waals surface area (Å²) in [7, 11) is -3.07. The summed E-state index contributed by atoms with van der Waals surface area (Å²) in [5.41, 5.74) is 1.06. The van der Waals surface area contributed by atoms with Gasteiger partial charge in [0.25, 0.3) is 8.32 Å². The van der Waals surface area contributed by atoms with Gasteiger partial charge in [-0.05, 0) is 32.1 Å². The molecule has 276 valence electrons. The van der Waals surface area contributed by atoms with Crippen LogP contribution in [0.15, 0.2) is 152 Å². The number of carbonyl (C=O) groups is 1. The van der Waals surface area contributed by atoms with Crippen LogP contribution in [0, 0.1) is 5.92 Å². The summed E-state index contributed by atoms with van der Waals surface area (Å²) < 4.78 is 26.7. The van der Waals surface area contributed by atoms with E-state index < -0.39 is 56.5 Å². The van der Waals surface area contributed by atoms with Crippen molar-refractivity contribution in [3.63, 3.8) is 0 Å². The number of hydrogen-bond donors (Lipinski definition) is 2. The minimum Gasteiger partial charge on any atom is -0.456 e. The molecule has 1 fully saturated rings. The van der Waals surface area contributed by atoms with Gasteiger partial charge in [0.2, 0.25) is 0 Å². The fraction of sp³-hybridized carbons (Fsp3) is 0.311. The number of benzene rings is 5. The molecule has 6 rings (SSSR count). The van der Waals surface area contributed by atoms with Gasteiger partial charge in [-0.25, -0.2) is 0 Å². The first-order valence-electron chi connectivity index (χ1n) is 18.3. The van der Waals surface area contributed by atoms with E-state index in [2.05, 4.69) is 45.0 Å². The van der Waals surface area contributed by atoms with E-state index in [0.717, 1.165) is 27.1 Å². The molecule has 0 unspecified atom stereocenters. The third kappa shape index (κ3) is 7.66. The molecule has 1 heterocycles. The van der Waals surface area contributed by atoms with E-state index in [9.17, 15) is 15.0 Å². The Morgan fingerprint density at radius 1 is 0.660 bits per heavy atom. The standard InChI is InChI=1S/C45H50O7Si/c1-32(2)42(47)51-40-38(31-49-53(44(3,4)5,36-27-17-9-18-28-36)37-29-19-10-20-30-37)50-43(48)41(39(40)46)52-45(33-21-11-6-12-22-33,34-23-13-7-14-24-34)35-25-15-8-16-26-35/h6-30,32,38-41,43,46,48H,31H2,1-5H3/t38-,39+,40-,41-,43-/m1/s1. The molecule has 0 saturated carbocycles. The smallest absolute Gasteiger partial charge is 0.308 e. The van der Waals surface area contributed by atoms with Crippen molar-refractivity contribution in [2.45, 2.75) is 76.0 Å². The first-order chi connectivity index (χ1) is 25.5. The van der Waals surface area contributed by atoms with Crippen LogP contribution in [-0.2, 0) is 29.0 Å². The van der Waals surface area contributed by atoms with Crippen LogP contribution in [0.3, 0.4) is 0 Å². The summed E-state index contributed by atoms with van der Waals surface area (Å²) in [5, 5.41) is 26.0. The van der Waals surface area contributed by atoms with Crippen LogP contribution in [0.2, 0.25) is 5.04 Å². The van der Waals surface area contributed by atoms with Crippen LogP contribution < -0.4 is 10.4 Å². The lowest BCUT2D eigenvalue weighted by atomic mass is 9.79. The summed E-state index contributed by atoms with van der Waals surface area (Å²) in [5.74, 6) is -0.993. The minimum atomic E-state index is -3.07.